The van der Waals surface area contributed by atoms with E-state index in [1.165, 1.54) is 0 Å². The van der Waals surface area contributed by atoms with Crippen LogP contribution in [0.5, 0.6) is 0 Å². The molecule has 0 bridgehead atoms. The first-order valence-corrected chi connectivity index (χ1v) is 6.43. The first-order chi connectivity index (χ1) is 8.70. The molecule has 19 heavy (non-hydrogen) atoms. The van der Waals surface area contributed by atoms with E-state index in [9.17, 15) is 10.2 Å². The van der Waals surface area contributed by atoms with Gasteiger partial charge in [-0.25, -0.2) is 0 Å². The Morgan fingerprint density at radius 1 is 0.947 bits per heavy atom. The molecule has 2 aliphatic carbocycles. The Hall–Kier alpha value is -1.52. The van der Waals surface area contributed by atoms with Crippen molar-refractivity contribution in [3.05, 3.63) is 47.9 Å². The molecule has 0 aromatic heterocycles. The highest BCUT2D eigenvalue weighted by Gasteiger charge is 2.54. The molecule has 2 aliphatic rings. The SMILES string of the molecule is CC(C)(C1(O)C=CC=C(N)C1)C1(O)C=CC=C(N)C1. The summed E-state index contributed by atoms with van der Waals surface area (Å²) >= 11 is 0. The summed E-state index contributed by atoms with van der Waals surface area (Å²) < 4.78 is 0. The van der Waals surface area contributed by atoms with Crippen LogP contribution in [-0.4, -0.2) is 21.4 Å². The van der Waals surface area contributed by atoms with E-state index >= 15 is 0 Å². The second kappa shape index (κ2) is 4.25. The maximum absolute atomic E-state index is 10.9. The number of rotatable bonds is 2. The molecule has 104 valence electrons. The van der Waals surface area contributed by atoms with Gasteiger partial charge in [0, 0.05) is 29.7 Å². The van der Waals surface area contributed by atoms with Gasteiger partial charge in [0.25, 0.3) is 0 Å². The van der Waals surface area contributed by atoms with Crippen molar-refractivity contribution in [2.45, 2.75) is 37.9 Å². The van der Waals surface area contributed by atoms with Crippen molar-refractivity contribution >= 4 is 0 Å². The Labute approximate surface area is 113 Å². The van der Waals surface area contributed by atoms with E-state index in [0.717, 1.165) is 0 Å². The van der Waals surface area contributed by atoms with Crippen molar-refractivity contribution in [1.29, 1.82) is 0 Å². The van der Waals surface area contributed by atoms with E-state index < -0.39 is 16.6 Å². The van der Waals surface area contributed by atoms with Crippen LogP contribution < -0.4 is 11.5 Å². The predicted octanol–water partition coefficient (Wildman–Crippen LogP) is 1.08. The molecule has 4 heteroatoms. The summed E-state index contributed by atoms with van der Waals surface area (Å²) in [6.07, 6.45) is 11.0. The molecule has 0 heterocycles. The van der Waals surface area contributed by atoms with Crippen LogP contribution in [0.1, 0.15) is 26.7 Å². The average Bonchev–Trinajstić information content (AvgIpc) is 2.27. The summed E-state index contributed by atoms with van der Waals surface area (Å²) in [6.45, 7) is 3.66. The van der Waals surface area contributed by atoms with Crippen LogP contribution in [-0.2, 0) is 0 Å². The summed E-state index contributed by atoms with van der Waals surface area (Å²) in [7, 11) is 0. The highest BCUT2D eigenvalue weighted by molar-refractivity contribution is 5.33. The molecule has 0 radical (unpaired) electrons. The maximum Gasteiger partial charge on any atom is 0.0966 e. The predicted molar refractivity (Wildman–Crippen MR) is 75.7 cm³/mol. The lowest BCUT2D eigenvalue weighted by Crippen LogP contribution is -2.58. The standard InChI is InChI=1S/C15H22N2O2/c1-13(2,14(18)7-3-5-11(16)9-14)15(19)8-4-6-12(17)10-15/h3-8,18-19H,9-10,16-17H2,1-2H3. The van der Waals surface area contributed by atoms with E-state index in [2.05, 4.69) is 0 Å². The largest absolute Gasteiger partial charge is 0.402 e. The molecule has 0 saturated heterocycles. The molecule has 6 N–H and O–H groups in total. The lowest BCUT2D eigenvalue weighted by Gasteiger charge is -2.51. The number of allylic oxidation sites excluding steroid dienone is 4. The number of hydrogen-bond donors (Lipinski definition) is 4. The molecule has 2 rings (SSSR count). The highest BCUT2D eigenvalue weighted by Crippen LogP contribution is 2.49. The second-order valence-corrected chi connectivity index (χ2v) is 6.03. The van der Waals surface area contributed by atoms with Crippen LogP contribution in [0.2, 0.25) is 0 Å². The maximum atomic E-state index is 10.9. The van der Waals surface area contributed by atoms with Crippen molar-refractivity contribution in [1.82, 2.24) is 0 Å². The highest BCUT2D eigenvalue weighted by atomic mass is 16.3. The average molecular weight is 262 g/mol. The quantitative estimate of drug-likeness (QED) is 0.599. The monoisotopic (exact) mass is 262 g/mol. The molecule has 0 amide bonds. The van der Waals surface area contributed by atoms with Gasteiger partial charge in [0.05, 0.1) is 11.2 Å². The molecule has 0 fully saturated rings. The second-order valence-electron chi connectivity index (χ2n) is 6.03. The van der Waals surface area contributed by atoms with E-state index in [1.54, 1.807) is 36.5 Å². The van der Waals surface area contributed by atoms with Crippen LogP contribution in [0.3, 0.4) is 0 Å². The minimum absolute atomic E-state index is 0.302. The van der Waals surface area contributed by atoms with Gasteiger partial charge in [-0.05, 0) is 12.2 Å². The van der Waals surface area contributed by atoms with Crippen molar-refractivity contribution in [2.24, 2.45) is 16.9 Å². The minimum Gasteiger partial charge on any atom is -0.402 e. The molecule has 4 nitrogen and oxygen atoms in total. The van der Waals surface area contributed by atoms with E-state index in [0.29, 0.717) is 24.2 Å². The summed E-state index contributed by atoms with van der Waals surface area (Å²) in [5.41, 5.74) is 9.61. The molecular weight excluding hydrogens is 240 g/mol. The summed E-state index contributed by atoms with van der Waals surface area (Å²) in [6, 6.07) is 0. The molecule has 0 aromatic carbocycles. The number of aliphatic hydroxyl groups is 2. The van der Waals surface area contributed by atoms with Gasteiger partial charge in [-0.3, -0.25) is 0 Å². The number of nitrogens with two attached hydrogens (primary N) is 2. The van der Waals surface area contributed by atoms with Crippen LogP contribution in [0.4, 0.5) is 0 Å². The molecule has 0 aliphatic heterocycles. The Morgan fingerprint density at radius 2 is 1.32 bits per heavy atom. The van der Waals surface area contributed by atoms with E-state index in [1.807, 2.05) is 13.8 Å². The molecule has 2 unspecified atom stereocenters. The lowest BCUT2D eigenvalue weighted by molar-refractivity contribution is -0.134. The van der Waals surface area contributed by atoms with Gasteiger partial charge in [0.2, 0.25) is 0 Å². The van der Waals surface area contributed by atoms with Gasteiger partial charge < -0.3 is 21.7 Å². The zero-order valence-electron chi connectivity index (χ0n) is 11.4. The topological polar surface area (TPSA) is 92.5 Å². The van der Waals surface area contributed by atoms with Crippen LogP contribution in [0, 0.1) is 5.41 Å². The fourth-order valence-electron chi connectivity index (χ4n) is 2.75. The first-order valence-electron chi connectivity index (χ1n) is 6.43. The smallest absolute Gasteiger partial charge is 0.0966 e. The number of hydrogen-bond acceptors (Lipinski definition) is 4. The summed E-state index contributed by atoms with van der Waals surface area (Å²) in [4.78, 5) is 0. The van der Waals surface area contributed by atoms with Gasteiger partial charge >= 0.3 is 0 Å². The van der Waals surface area contributed by atoms with Gasteiger partial charge in [0.15, 0.2) is 0 Å². The van der Waals surface area contributed by atoms with Gasteiger partial charge in [0.1, 0.15) is 0 Å². The van der Waals surface area contributed by atoms with Gasteiger partial charge in [-0.1, -0.05) is 38.2 Å². The fourth-order valence-corrected chi connectivity index (χ4v) is 2.75. The van der Waals surface area contributed by atoms with Crippen molar-refractivity contribution in [2.75, 3.05) is 0 Å². The van der Waals surface area contributed by atoms with Crippen molar-refractivity contribution in [3.63, 3.8) is 0 Å². The first kappa shape index (κ1) is 13.9. The van der Waals surface area contributed by atoms with Gasteiger partial charge in [-0.2, -0.15) is 0 Å². The Morgan fingerprint density at radius 3 is 1.63 bits per heavy atom. The fraction of sp³-hybridized carbons (Fsp3) is 0.467. The third-order valence-electron chi connectivity index (χ3n) is 4.48. The van der Waals surface area contributed by atoms with Crippen molar-refractivity contribution in [3.8, 4) is 0 Å². The zero-order chi connectivity index (χ0) is 14.3. The zero-order valence-corrected chi connectivity index (χ0v) is 11.4. The molecule has 0 spiro atoms. The molecule has 0 aromatic rings. The van der Waals surface area contributed by atoms with Crippen LogP contribution >= 0.6 is 0 Å². The molecular formula is C15H22N2O2. The summed E-state index contributed by atoms with van der Waals surface area (Å²) in [5, 5.41) is 21.8. The Balaban J connectivity index is 2.38. The molecule has 2 atom stereocenters. The lowest BCUT2D eigenvalue weighted by atomic mass is 9.59. The Bertz CT molecular complexity index is 458. The van der Waals surface area contributed by atoms with Gasteiger partial charge in [-0.15, -0.1) is 0 Å². The van der Waals surface area contributed by atoms with E-state index in [4.69, 9.17) is 11.5 Å². The third-order valence-corrected chi connectivity index (χ3v) is 4.48. The van der Waals surface area contributed by atoms with Crippen LogP contribution in [0.15, 0.2) is 47.9 Å². The molecule has 0 saturated carbocycles. The summed E-state index contributed by atoms with van der Waals surface area (Å²) in [5.74, 6) is 0. The van der Waals surface area contributed by atoms with Crippen LogP contribution in [0.25, 0.3) is 0 Å². The minimum atomic E-state index is -1.21. The Kier molecular flexibility index (Phi) is 3.11. The normalized spacial score (nSPS) is 34.9. The van der Waals surface area contributed by atoms with Crippen molar-refractivity contribution < 1.29 is 10.2 Å². The van der Waals surface area contributed by atoms with E-state index in [-0.39, 0.29) is 0 Å². The third kappa shape index (κ3) is 2.11.